The van der Waals surface area contributed by atoms with Gasteiger partial charge in [-0.05, 0) is 73.1 Å². The third-order valence-corrected chi connectivity index (χ3v) is 7.07. The summed E-state index contributed by atoms with van der Waals surface area (Å²) in [6.07, 6.45) is 11.8. The van der Waals surface area contributed by atoms with Crippen LogP contribution in [-0.2, 0) is 12.0 Å². The fraction of sp³-hybridized carbons (Fsp3) is 0.684. The van der Waals surface area contributed by atoms with Crippen molar-refractivity contribution >= 4 is 0 Å². The molecule has 1 aromatic carbocycles. The third-order valence-electron chi connectivity index (χ3n) is 7.07. The summed E-state index contributed by atoms with van der Waals surface area (Å²) in [5.41, 5.74) is 6.48. The summed E-state index contributed by atoms with van der Waals surface area (Å²) < 4.78 is 0. The first kappa shape index (κ1) is 11.8. The summed E-state index contributed by atoms with van der Waals surface area (Å²) in [5.74, 6) is 0.848. The van der Waals surface area contributed by atoms with E-state index >= 15 is 0 Å². The highest BCUT2D eigenvalue weighted by Gasteiger charge is 2.63. The van der Waals surface area contributed by atoms with E-state index in [9.17, 15) is 0 Å². The molecular weight excluding hydrogens is 242 g/mol. The van der Waals surface area contributed by atoms with Crippen LogP contribution in [0.5, 0.6) is 0 Å². The molecule has 1 unspecified atom stereocenters. The predicted octanol–water partition coefficient (Wildman–Crippen LogP) is 4.26. The summed E-state index contributed by atoms with van der Waals surface area (Å²) in [7, 11) is 0. The molecule has 0 radical (unpaired) electrons. The van der Waals surface area contributed by atoms with E-state index in [1.54, 1.807) is 16.7 Å². The van der Waals surface area contributed by atoms with Crippen molar-refractivity contribution in [1.29, 1.82) is 0 Å². The van der Waals surface area contributed by atoms with Gasteiger partial charge in [0.25, 0.3) is 0 Å². The Morgan fingerprint density at radius 1 is 1.05 bits per heavy atom. The molecule has 2 spiro atoms. The van der Waals surface area contributed by atoms with Crippen molar-refractivity contribution in [2.45, 2.75) is 69.2 Å². The van der Waals surface area contributed by atoms with Crippen LogP contribution < -0.4 is 5.32 Å². The molecule has 0 amide bonds. The number of rotatable bonds is 0. The first-order valence-electron chi connectivity index (χ1n) is 8.68. The van der Waals surface area contributed by atoms with E-state index in [2.05, 4.69) is 23.5 Å². The topological polar surface area (TPSA) is 12.0 Å². The van der Waals surface area contributed by atoms with Gasteiger partial charge in [0.05, 0.1) is 0 Å². The number of benzene rings is 1. The van der Waals surface area contributed by atoms with Crippen molar-refractivity contribution in [1.82, 2.24) is 5.32 Å². The van der Waals surface area contributed by atoms with E-state index in [1.807, 2.05) is 0 Å². The molecule has 0 aromatic heterocycles. The smallest absolute Gasteiger partial charge is 0.0208 e. The Morgan fingerprint density at radius 2 is 1.90 bits per heavy atom. The van der Waals surface area contributed by atoms with E-state index in [0.29, 0.717) is 10.8 Å². The van der Waals surface area contributed by atoms with Gasteiger partial charge in [-0.25, -0.2) is 0 Å². The minimum atomic E-state index is 0.607. The van der Waals surface area contributed by atoms with Crippen LogP contribution in [0, 0.1) is 5.41 Å². The van der Waals surface area contributed by atoms with E-state index in [0.717, 1.165) is 12.5 Å². The Kier molecular flexibility index (Phi) is 2.29. The zero-order valence-electron chi connectivity index (χ0n) is 12.4. The minimum absolute atomic E-state index is 0.607. The normalized spacial score (nSPS) is 32.1. The van der Waals surface area contributed by atoms with Crippen LogP contribution >= 0.6 is 0 Å². The maximum atomic E-state index is 3.65. The van der Waals surface area contributed by atoms with Crippen molar-refractivity contribution in [2.24, 2.45) is 5.41 Å². The molecule has 1 aromatic rings. The molecule has 3 aliphatic carbocycles. The molecule has 1 N–H and O–H groups in total. The summed E-state index contributed by atoms with van der Waals surface area (Å²) in [4.78, 5) is 0. The lowest BCUT2D eigenvalue weighted by molar-refractivity contribution is 0.153. The molecule has 5 rings (SSSR count). The number of fused-ring (bicyclic) bond motifs is 2. The van der Waals surface area contributed by atoms with Crippen molar-refractivity contribution in [3.8, 4) is 0 Å². The molecule has 1 aliphatic heterocycles. The zero-order chi connectivity index (χ0) is 13.2. The fourth-order valence-electron chi connectivity index (χ4n) is 6.13. The monoisotopic (exact) mass is 267 g/mol. The first-order valence-corrected chi connectivity index (χ1v) is 8.68. The van der Waals surface area contributed by atoms with Gasteiger partial charge in [-0.15, -0.1) is 0 Å². The summed E-state index contributed by atoms with van der Waals surface area (Å²) in [6.45, 7) is 2.31. The molecule has 1 nitrogen and oxygen atoms in total. The van der Waals surface area contributed by atoms with Gasteiger partial charge >= 0.3 is 0 Å². The van der Waals surface area contributed by atoms with Crippen LogP contribution in [-0.4, -0.2) is 6.54 Å². The average Bonchev–Trinajstić information content (AvgIpc) is 3.19. The van der Waals surface area contributed by atoms with Crippen molar-refractivity contribution in [2.75, 3.05) is 6.54 Å². The van der Waals surface area contributed by atoms with E-state index in [4.69, 9.17) is 0 Å². The van der Waals surface area contributed by atoms with Crippen LogP contribution in [0.2, 0.25) is 0 Å². The summed E-state index contributed by atoms with van der Waals surface area (Å²) in [5, 5.41) is 3.65. The van der Waals surface area contributed by atoms with Crippen molar-refractivity contribution in [3.05, 3.63) is 34.9 Å². The Morgan fingerprint density at radius 3 is 2.70 bits per heavy atom. The van der Waals surface area contributed by atoms with Crippen molar-refractivity contribution < 1.29 is 0 Å². The van der Waals surface area contributed by atoms with Gasteiger partial charge in [0.2, 0.25) is 0 Å². The average molecular weight is 267 g/mol. The van der Waals surface area contributed by atoms with Crippen LogP contribution in [0.25, 0.3) is 0 Å². The molecule has 1 atom stereocenters. The number of nitrogens with one attached hydrogen (secondary N) is 1. The van der Waals surface area contributed by atoms with Gasteiger partial charge < -0.3 is 5.32 Å². The van der Waals surface area contributed by atoms with Gasteiger partial charge in [0.15, 0.2) is 0 Å². The van der Waals surface area contributed by atoms with Gasteiger partial charge in [-0.2, -0.15) is 0 Å². The lowest BCUT2D eigenvalue weighted by atomic mass is 9.56. The Hall–Kier alpha value is -0.820. The second-order valence-electron chi connectivity index (χ2n) is 7.81. The zero-order valence-corrected chi connectivity index (χ0v) is 12.4. The molecule has 0 bridgehead atoms. The fourth-order valence-corrected chi connectivity index (χ4v) is 6.13. The predicted molar refractivity (Wildman–Crippen MR) is 81.9 cm³/mol. The molecular formula is C19H25N. The highest BCUT2D eigenvalue weighted by Crippen LogP contribution is 2.72. The van der Waals surface area contributed by atoms with E-state index in [-0.39, 0.29) is 0 Å². The maximum absolute atomic E-state index is 3.65. The SMILES string of the molecule is c1cc2c3c(c1)C1(CC1)C1(CCCC1)CC3CCNC2. The van der Waals surface area contributed by atoms with Crippen molar-refractivity contribution in [3.63, 3.8) is 0 Å². The lowest BCUT2D eigenvalue weighted by Gasteiger charge is -2.47. The maximum Gasteiger partial charge on any atom is 0.0208 e. The quantitative estimate of drug-likeness (QED) is 0.740. The van der Waals surface area contributed by atoms with Gasteiger partial charge in [-0.1, -0.05) is 31.0 Å². The molecule has 1 heteroatoms. The van der Waals surface area contributed by atoms with E-state index < -0.39 is 0 Å². The number of hydrogen-bond donors (Lipinski definition) is 1. The highest BCUT2D eigenvalue weighted by atomic mass is 14.9. The van der Waals surface area contributed by atoms with Crippen LogP contribution in [0.4, 0.5) is 0 Å². The van der Waals surface area contributed by atoms with Gasteiger partial charge in [0.1, 0.15) is 0 Å². The highest BCUT2D eigenvalue weighted by molar-refractivity contribution is 5.50. The molecule has 1 heterocycles. The number of hydrogen-bond acceptors (Lipinski definition) is 1. The Balaban J connectivity index is 1.73. The Bertz CT molecular complexity index is 549. The standard InChI is InChI=1S/C19H25N/c1-2-8-18(7-1)12-14-6-11-20-13-15-4-3-5-16(17(14)15)19(18)9-10-19/h3-5,14,20H,1-2,6-13H2. The second kappa shape index (κ2) is 3.88. The van der Waals surface area contributed by atoms with Gasteiger partial charge in [-0.3, -0.25) is 0 Å². The van der Waals surface area contributed by atoms with Crippen LogP contribution in [0.1, 0.15) is 74.0 Å². The Labute approximate surface area is 122 Å². The van der Waals surface area contributed by atoms with Crippen LogP contribution in [0.3, 0.4) is 0 Å². The first-order chi connectivity index (χ1) is 9.85. The molecule has 0 saturated heterocycles. The molecule has 106 valence electrons. The lowest BCUT2D eigenvalue weighted by Crippen LogP contribution is -2.39. The van der Waals surface area contributed by atoms with Crippen LogP contribution in [0.15, 0.2) is 18.2 Å². The largest absolute Gasteiger partial charge is 0.313 e. The summed E-state index contributed by atoms with van der Waals surface area (Å²) in [6, 6.07) is 7.22. The molecule has 20 heavy (non-hydrogen) atoms. The molecule has 2 saturated carbocycles. The third kappa shape index (κ3) is 1.33. The second-order valence-corrected chi connectivity index (χ2v) is 7.81. The summed E-state index contributed by atoms with van der Waals surface area (Å²) >= 11 is 0. The minimum Gasteiger partial charge on any atom is -0.313 e. The van der Waals surface area contributed by atoms with Gasteiger partial charge in [0, 0.05) is 12.0 Å². The molecule has 2 fully saturated rings. The molecule has 4 aliphatic rings. The van der Waals surface area contributed by atoms with E-state index in [1.165, 1.54) is 57.9 Å².